The van der Waals surface area contributed by atoms with E-state index in [-0.39, 0.29) is 23.9 Å². The fraction of sp³-hybridized carbons (Fsp3) is 0.615. The van der Waals surface area contributed by atoms with E-state index in [4.69, 9.17) is 17.7 Å². The first-order chi connectivity index (χ1) is 31.7. The van der Waals surface area contributed by atoms with Crippen LogP contribution in [0.15, 0.2) is 98.2 Å². The molecule has 0 aliphatic heterocycles. The highest BCUT2D eigenvalue weighted by Gasteiger charge is 2.44. The van der Waals surface area contributed by atoms with Gasteiger partial charge < -0.3 is 17.7 Å². The molecule has 0 radical (unpaired) electrons. The molecule has 69 heavy (non-hydrogen) atoms. The van der Waals surface area contributed by atoms with Crippen molar-refractivity contribution in [2.24, 2.45) is 0 Å². The summed E-state index contributed by atoms with van der Waals surface area (Å²) in [6.45, 7) is 58.3. The van der Waals surface area contributed by atoms with Crippen LogP contribution in [0.25, 0.3) is 0 Å². The second kappa shape index (κ2) is 30.1. The van der Waals surface area contributed by atoms with Crippen molar-refractivity contribution in [2.75, 3.05) is 0 Å². The van der Waals surface area contributed by atoms with Crippen LogP contribution in [0.5, 0.6) is 0 Å². The van der Waals surface area contributed by atoms with Crippen molar-refractivity contribution >= 4 is 97.5 Å². The van der Waals surface area contributed by atoms with Gasteiger partial charge in [-0.2, -0.15) is 0 Å². The van der Waals surface area contributed by atoms with Crippen molar-refractivity contribution in [2.45, 2.75) is 202 Å². The summed E-state index contributed by atoms with van der Waals surface area (Å²) in [6, 6.07) is 10.6. The van der Waals surface area contributed by atoms with E-state index < -0.39 is 73.6 Å². The Morgan fingerprint density at radius 3 is 0.594 bits per heavy atom. The number of carbonyl (C=O) groups excluding carboxylic acids is 4. The second-order valence-corrected chi connectivity index (χ2v) is 62.7. The third-order valence-electron chi connectivity index (χ3n) is 14.7. The zero-order valence-electron chi connectivity index (χ0n) is 46.2. The first kappa shape index (κ1) is 66.8. The SMILES string of the molecule is C=C[Si](C)(C=C)CCCC(=O)O[Si](C)(C)CC[Si](CC[Si](C)(C)OC(=O)CCC[Si](C)(C=C)C=C)(CC[Si](C)(C)OC(=O)CCC[Si](C)(C=C)C=C)CC[Si](C)(C)OC(=O)CCC[Si](C)(C=C)C=C. The van der Waals surface area contributed by atoms with Crippen molar-refractivity contribution in [1.82, 2.24) is 0 Å². The van der Waals surface area contributed by atoms with Gasteiger partial charge in [-0.3, -0.25) is 19.2 Å². The fourth-order valence-electron chi connectivity index (χ4n) is 8.26. The van der Waals surface area contributed by atoms with E-state index in [1.54, 1.807) is 0 Å². The van der Waals surface area contributed by atoms with Gasteiger partial charge in [0, 0.05) is 25.7 Å². The lowest BCUT2D eigenvalue weighted by molar-refractivity contribution is -0.136. The van der Waals surface area contributed by atoms with E-state index in [0.29, 0.717) is 25.7 Å². The van der Waals surface area contributed by atoms with Crippen LogP contribution in [-0.4, -0.2) is 97.5 Å². The van der Waals surface area contributed by atoms with Gasteiger partial charge in [-0.05, 0) is 102 Å². The molecule has 0 aliphatic rings. The topological polar surface area (TPSA) is 105 Å². The molecule has 8 nitrogen and oxygen atoms in total. The van der Waals surface area contributed by atoms with E-state index in [0.717, 1.165) is 98.2 Å². The molecule has 0 heterocycles. The summed E-state index contributed by atoms with van der Waals surface area (Å²) in [7, 11) is -19.5. The van der Waals surface area contributed by atoms with E-state index in [1.807, 2.05) is 45.6 Å². The summed E-state index contributed by atoms with van der Waals surface area (Å²) < 4.78 is 25.7. The highest BCUT2D eigenvalue weighted by Crippen LogP contribution is 2.40. The normalized spacial score (nSPS) is 13.0. The average molecular weight is 1110 g/mol. The summed E-state index contributed by atoms with van der Waals surface area (Å²) in [4.78, 5) is 53.8. The molecule has 0 unspecified atom stereocenters. The zero-order chi connectivity index (χ0) is 53.4. The third-order valence-corrected chi connectivity index (χ3v) is 44.1. The van der Waals surface area contributed by atoms with Crippen molar-refractivity contribution in [1.29, 1.82) is 0 Å². The smallest absolute Gasteiger partial charge is 0.292 e. The van der Waals surface area contributed by atoms with Crippen molar-refractivity contribution in [3.63, 3.8) is 0 Å². The molecule has 0 rings (SSSR count). The van der Waals surface area contributed by atoms with Crippen molar-refractivity contribution < 1.29 is 36.9 Å². The summed E-state index contributed by atoms with van der Waals surface area (Å²) in [5.41, 5.74) is 16.2. The Hall–Kier alpha value is -2.25. The van der Waals surface area contributed by atoms with Gasteiger partial charge in [0.2, 0.25) is 33.3 Å². The van der Waals surface area contributed by atoms with Crippen LogP contribution in [0.4, 0.5) is 0 Å². The number of carbonyl (C=O) groups is 4. The molecule has 0 saturated heterocycles. The van der Waals surface area contributed by atoms with Crippen LogP contribution in [0.1, 0.15) is 51.4 Å². The standard InChI is InChI=1S/C52H100O8Si9/c1-21-65(17,22-2)37-29-33-49(53)57-61(9,10)41-45-69(46-42-62(11,12)58-50(54)34-30-38-66(18,23-3)24-4,47-43-63(13,14)59-51(55)35-31-39-67(19,25-5)26-6)48-44-64(15,16)60-52(56)36-32-40-68(20,27-7)28-8/h21-28H,1-8,29-48H2,9-20H3. The lowest BCUT2D eigenvalue weighted by Crippen LogP contribution is -2.46. The lowest BCUT2D eigenvalue weighted by atomic mass is 10.3. The van der Waals surface area contributed by atoms with Crippen LogP contribution in [0.2, 0.25) is 151 Å². The van der Waals surface area contributed by atoms with Gasteiger partial charge in [0.25, 0.3) is 23.9 Å². The van der Waals surface area contributed by atoms with Gasteiger partial charge in [0.15, 0.2) is 0 Å². The zero-order valence-corrected chi connectivity index (χ0v) is 55.2. The molecule has 0 N–H and O–H groups in total. The minimum absolute atomic E-state index is 0.137. The van der Waals surface area contributed by atoms with E-state index >= 15 is 0 Å². The predicted octanol–water partition coefficient (Wildman–Crippen LogP) is 15.7. The van der Waals surface area contributed by atoms with Crippen molar-refractivity contribution in [3.05, 3.63) is 98.2 Å². The molecule has 0 bridgehead atoms. The average Bonchev–Trinajstić information content (AvgIpc) is 3.27. The number of rotatable bonds is 40. The molecular formula is C52H100O8Si9. The minimum Gasteiger partial charge on any atom is -0.520 e. The molecule has 0 atom stereocenters. The van der Waals surface area contributed by atoms with Crippen LogP contribution in [-0.2, 0) is 36.9 Å². The molecule has 0 fully saturated rings. The number of hydrogen-bond donors (Lipinski definition) is 0. The fourth-order valence-corrected chi connectivity index (χ4v) is 37.2. The summed E-state index contributed by atoms with van der Waals surface area (Å²) in [5, 5.41) is 0. The lowest BCUT2D eigenvalue weighted by Gasteiger charge is -2.39. The molecule has 0 aromatic rings. The Bertz CT molecular complexity index is 1490. The third kappa shape index (κ3) is 28.0. The van der Waals surface area contributed by atoms with E-state index in [1.165, 1.54) is 0 Å². The Kier molecular flexibility index (Phi) is 29.1. The molecule has 0 saturated carbocycles. The largest absolute Gasteiger partial charge is 0.520 e. The van der Waals surface area contributed by atoms with Crippen LogP contribution in [0.3, 0.4) is 0 Å². The molecule has 392 valence electrons. The predicted molar refractivity (Wildman–Crippen MR) is 323 cm³/mol. The van der Waals surface area contributed by atoms with Crippen LogP contribution >= 0.6 is 0 Å². The second-order valence-electron chi connectivity index (χ2n) is 23.5. The van der Waals surface area contributed by atoms with Gasteiger partial charge in [-0.25, -0.2) is 0 Å². The van der Waals surface area contributed by atoms with Gasteiger partial charge in [-0.15, -0.1) is 52.6 Å². The highest BCUT2D eigenvalue weighted by molar-refractivity contribution is 6.90. The highest BCUT2D eigenvalue weighted by atomic mass is 28.4. The molecular weight excluding hydrogens is 1010 g/mol. The monoisotopic (exact) mass is 1100 g/mol. The molecule has 0 aliphatic carbocycles. The maximum Gasteiger partial charge on any atom is 0.292 e. The van der Waals surface area contributed by atoms with Crippen molar-refractivity contribution in [3.8, 4) is 0 Å². The van der Waals surface area contributed by atoms with Gasteiger partial charge in [0.1, 0.15) is 0 Å². The Morgan fingerprint density at radius 1 is 0.290 bits per heavy atom. The van der Waals surface area contributed by atoms with Gasteiger partial charge in [-0.1, -0.05) is 120 Å². The molecule has 0 aromatic heterocycles. The molecule has 17 heteroatoms. The summed E-state index contributed by atoms with van der Waals surface area (Å²) >= 11 is 0. The van der Waals surface area contributed by atoms with E-state index in [2.05, 4.69) is 131 Å². The maximum absolute atomic E-state index is 13.5. The molecule has 0 spiro atoms. The quantitative estimate of drug-likeness (QED) is 0.0559. The number of hydrogen-bond acceptors (Lipinski definition) is 8. The maximum atomic E-state index is 13.5. The van der Waals surface area contributed by atoms with Crippen LogP contribution in [0, 0.1) is 0 Å². The van der Waals surface area contributed by atoms with Gasteiger partial charge in [0.05, 0.1) is 40.4 Å². The van der Waals surface area contributed by atoms with Crippen LogP contribution < -0.4 is 0 Å². The Labute approximate surface area is 432 Å². The van der Waals surface area contributed by atoms with Gasteiger partial charge >= 0.3 is 0 Å². The minimum atomic E-state index is -2.50. The summed E-state index contributed by atoms with van der Waals surface area (Å²) in [6.07, 6.45) is 4.48. The molecule has 0 aromatic carbocycles. The summed E-state index contributed by atoms with van der Waals surface area (Å²) in [5.74, 6) is -0.547. The Morgan fingerprint density at radius 2 is 0.449 bits per heavy atom. The van der Waals surface area contributed by atoms with E-state index in [9.17, 15) is 19.2 Å². The first-order valence-electron chi connectivity index (χ1n) is 25.7. The first-order valence-corrected chi connectivity index (χ1v) is 52.4. The Balaban J connectivity index is 6.90. The molecule has 0 amide bonds.